The molecule has 1 N–H and O–H groups in total. The molecule has 1 aromatic rings. The van der Waals surface area contributed by atoms with Crippen molar-refractivity contribution < 1.29 is 12.8 Å². The van der Waals surface area contributed by atoms with E-state index >= 15 is 0 Å². The molecule has 1 saturated heterocycles. The van der Waals surface area contributed by atoms with Gasteiger partial charge in [-0.3, -0.25) is 0 Å². The van der Waals surface area contributed by atoms with Crippen molar-refractivity contribution >= 4 is 9.84 Å². The van der Waals surface area contributed by atoms with Crippen molar-refractivity contribution in [1.29, 1.82) is 0 Å². The molecule has 1 aromatic carbocycles. The van der Waals surface area contributed by atoms with Crippen molar-refractivity contribution in [2.45, 2.75) is 39.3 Å². The lowest BCUT2D eigenvalue weighted by atomic mass is 9.82. The van der Waals surface area contributed by atoms with Gasteiger partial charge in [-0.1, -0.05) is 32.9 Å². The minimum absolute atomic E-state index is 0.00130. The smallest absolute Gasteiger partial charge is 0.151 e. The van der Waals surface area contributed by atoms with E-state index in [2.05, 4.69) is 26.1 Å². The van der Waals surface area contributed by atoms with E-state index in [4.69, 9.17) is 0 Å². The molecule has 0 spiro atoms. The molecule has 0 aromatic heterocycles. The summed E-state index contributed by atoms with van der Waals surface area (Å²) < 4.78 is 36.2. The maximum atomic E-state index is 13.1. The Balaban J connectivity index is 2.19. The third-order valence-electron chi connectivity index (χ3n) is 3.70. The van der Waals surface area contributed by atoms with Crippen LogP contribution in [0.25, 0.3) is 0 Å². The minimum atomic E-state index is -2.90. The van der Waals surface area contributed by atoms with Crippen LogP contribution < -0.4 is 5.32 Å². The maximum absolute atomic E-state index is 13.1. The van der Waals surface area contributed by atoms with Gasteiger partial charge < -0.3 is 5.32 Å². The molecule has 5 heteroatoms. The summed E-state index contributed by atoms with van der Waals surface area (Å²) >= 11 is 0. The Kier molecular flexibility index (Phi) is 4.21. The summed E-state index contributed by atoms with van der Waals surface area (Å²) in [6.45, 7) is 6.28. The first-order valence-electron chi connectivity index (χ1n) is 6.89. The van der Waals surface area contributed by atoms with Crippen molar-refractivity contribution in [2.24, 2.45) is 5.41 Å². The Bertz CT molecular complexity index is 561. The fourth-order valence-electron chi connectivity index (χ4n) is 2.66. The van der Waals surface area contributed by atoms with E-state index in [0.717, 1.165) is 5.56 Å². The van der Waals surface area contributed by atoms with Gasteiger partial charge in [0, 0.05) is 12.1 Å². The normalized spacial score (nSPS) is 23.7. The first kappa shape index (κ1) is 15.4. The standard InChI is InChI=1S/C15H22FNO2S/c1-15(2,3)14(11-4-6-12(16)7-5-11)17-13-8-9-20(18,19)10-13/h4-7,13-14,17H,8-10H2,1-3H3. The topological polar surface area (TPSA) is 46.2 Å². The average Bonchev–Trinajstić information content (AvgIpc) is 2.66. The van der Waals surface area contributed by atoms with Gasteiger partial charge in [0.1, 0.15) is 5.82 Å². The van der Waals surface area contributed by atoms with Gasteiger partial charge in [0.15, 0.2) is 9.84 Å². The lowest BCUT2D eigenvalue weighted by Crippen LogP contribution is -2.40. The van der Waals surface area contributed by atoms with Gasteiger partial charge in [-0.25, -0.2) is 12.8 Å². The fraction of sp³-hybridized carbons (Fsp3) is 0.600. The van der Waals surface area contributed by atoms with Crippen molar-refractivity contribution in [2.75, 3.05) is 11.5 Å². The zero-order chi connectivity index (χ0) is 15.0. The Hall–Kier alpha value is -0.940. The minimum Gasteiger partial charge on any atom is -0.306 e. The van der Waals surface area contributed by atoms with E-state index in [1.165, 1.54) is 12.1 Å². The predicted molar refractivity (Wildman–Crippen MR) is 78.8 cm³/mol. The highest BCUT2D eigenvalue weighted by Gasteiger charge is 2.33. The lowest BCUT2D eigenvalue weighted by Gasteiger charge is -2.34. The molecule has 2 unspecified atom stereocenters. The van der Waals surface area contributed by atoms with Gasteiger partial charge in [-0.05, 0) is 29.5 Å². The quantitative estimate of drug-likeness (QED) is 0.933. The monoisotopic (exact) mass is 299 g/mol. The first-order valence-corrected chi connectivity index (χ1v) is 8.71. The molecule has 1 heterocycles. The van der Waals surface area contributed by atoms with Crippen LogP contribution in [0.15, 0.2) is 24.3 Å². The van der Waals surface area contributed by atoms with Crippen molar-refractivity contribution in [3.63, 3.8) is 0 Å². The van der Waals surface area contributed by atoms with E-state index in [1.807, 2.05) is 0 Å². The summed E-state index contributed by atoms with van der Waals surface area (Å²) in [5.74, 6) is 0.191. The molecule has 1 aliphatic heterocycles. The highest BCUT2D eigenvalue weighted by atomic mass is 32.2. The van der Waals surface area contributed by atoms with Crippen LogP contribution in [0.5, 0.6) is 0 Å². The Morgan fingerprint density at radius 2 is 1.85 bits per heavy atom. The van der Waals surface area contributed by atoms with Gasteiger partial charge in [0.2, 0.25) is 0 Å². The predicted octanol–water partition coefficient (Wildman–Crippen LogP) is 2.69. The zero-order valence-electron chi connectivity index (χ0n) is 12.2. The maximum Gasteiger partial charge on any atom is 0.151 e. The molecular weight excluding hydrogens is 277 g/mol. The third-order valence-corrected chi connectivity index (χ3v) is 5.47. The first-order chi connectivity index (χ1) is 9.17. The molecular formula is C15H22FNO2S. The summed E-state index contributed by atoms with van der Waals surface area (Å²) in [4.78, 5) is 0. The van der Waals surface area contributed by atoms with Crippen LogP contribution in [0.2, 0.25) is 0 Å². The number of hydrogen-bond donors (Lipinski definition) is 1. The van der Waals surface area contributed by atoms with Crippen LogP contribution in [-0.2, 0) is 9.84 Å². The molecule has 2 atom stereocenters. The summed E-state index contributed by atoms with van der Waals surface area (Å²) in [5.41, 5.74) is 0.910. The van der Waals surface area contributed by atoms with E-state index in [-0.39, 0.29) is 34.8 Å². The van der Waals surface area contributed by atoms with Gasteiger partial charge >= 0.3 is 0 Å². The Morgan fingerprint density at radius 1 is 1.25 bits per heavy atom. The van der Waals surface area contributed by atoms with Crippen molar-refractivity contribution in [3.8, 4) is 0 Å². The molecule has 0 radical (unpaired) electrons. The third kappa shape index (κ3) is 3.79. The van der Waals surface area contributed by atoms with Gasteiger partial charge in [0.25, 0.3) is 0 Å². The summed E-state index contributed by atoms with van der Waals surface area (Å²) in [6, 6.07) is 6.40. The summed E-state index contributed by atoms with van der Waals surface area (Å²) in [5, 5.41) is 3.45. The molecule has 2 rings (SSSR count). The van der Waals surface area contributed by atoms with Crippen molar-refractivity contribution in [3.05, 3.63) is 35.6 Å². The molecule has 3 nitrogen and oxygen atoms in total. The second-order valence-corrected chi connectivity index (χ2v) is 8.85. The van der Waals surface area contributed by atoms with Crippen LogP contribution in [-0.4, -0.2) is 26.0 Å². The highest BCUT2D eigenvalue weighted by Crippen LogP contribution is 2.34. The van der Waals surface area contributed by atoms with Crippen molar-refractivity contribution in [1.82, 2.24) is 5.32 Å². The second kappa shape index (κ2) is 5.45. The average molecular weight is 299 g/mol. The largest absolute Gasteiger partial charge is 0.306 e. The van der Waals surface area contributed by atoms with Crippen LogP contribution in [0, 0.1) is 11.2 Å². The van der Waals surface area contributed by atoms with E-state index in [0.29, 0.717) is 6.42 Å². The van der Waals surface area contributed by atoms with E-state index in [9.17, 15) is 12.8 Å². The molecule has 1 fully saturated rings. The molecule has 0 aliphatic carbocycles. The molecule has 1 aliphatic rings. The number of sulfone groups is 1. The van der Waals surface area contributed by atoms with Crippen LogP contribution in [0.1, 0.15) is 38.8 Å². The molecule has 0 saturated carbocycles. The lowest BCUT2D eigenvalue weighted by molar-refractivity contribution is 0.254. The molecule has 20 heavy (non-hydrogen) atoms. The second-order valence-electron chi connectivity index (χ2n) is 6.62. The number of rotatable bonds is 3. The number of hydrogen-bond acceptors (Lipinski definition) is 3. The van der Waals surface area contributed by atoms with E-state index in [1.54, 1.807) is 12.1 Å². The Labute approximate surface area is 120 Å². The molecule has 112 valence electrons. The number of nitrogens with one attached hydrogen (secondary N) is 1. The highest BCUT2D eigenvalue weighted by molar-refractivity contribution is 7.91. The van der Waals surface area contributed by atoms with Gasteiger partial charge in [-0.15, -0.1) is 0 Å². The summed E-state index contributed by atoms with van der Waals surface area (Å²) in [7, 11) is -2.90. The van der Waals surface area contributed by atoms with Gasteiger partial charge in [-0.2, -0.15) is 0 Å². The van der Waals surface area contributed by atoms with Crippen LogP contribution in [0.3, 0.4) is 0 Å². The van der Waals surface area contributed by atoms with Crippen LogP contribution in [0.4, 0.5) is 4.39 Å². The Morgan fingerprint density at radius 3 is 2.30 bits per heavy atom. The van der Waals surface area contributed by atoms with E-state index < -0.39 is 9.84 Å². The van der Waals surface area contributed by atoms with Crippen LogP contribution >= 0.6 is 0 Å². The summed E-state index contributed by atoms with van der Waals surface area (Å²) in [6.07, 6.45) is 0.649. The number of halogens is 1. The SMILES string of the molecule is CC(C)(C)C(NC1CCS(=O)(=O)C1)c1ccc(F)cc1. The zero-order valence-corrected chi connectivity index (χ0v) is 13.0. The molecule has 0 bridgehead atoms. The number of benzene rings is 1. The van der Waals surface area contributed by atoms with Gasteiger partial charge in [0.05, 0.1) is 11.5 Å². The molecule has 0 amide bonds. The fourth-order valence-corrected chi connectivity index (χ4v) is 4.35.